The summed E-state index contributed by atoms with van der Waals surface area (Å²) in [5.74, 6) is 0.384. The van der Waals surface area contributed by atoms with Gasteiger partial charge in [-0.15, -0.1) is 5.10 Å². The van der Waals surface area contributed by atoms with E-state index in [1.165, 1.54) is 0 Å². The van der Waals surface area contributed by atoms with E-state index in [0.29, 0.717) is 5.95 Å². The zero-order chi connectivity index (χ0) is 8.97. The molecule has 0 fully saturated rings. The van der Waals surface area contributed by atoms with Crippen LogP contribution in [0.4, 0.5) is 5.95 Å². The summed E-state index contributed by atoms with van der Waals surface area (Å²) in [5, 5.41) is 7.58. The molecule has 1 aromatic rings. The molecule has 0 saturated heterocycles. The molecule has 0 spiro atoms. The average molecular weight is 165 g/mol. The maximum atomic E-state index is 3.96. The first-order chi connectivity index (χ1) is 5.68. The molecule has 1 heterocycles. The lowest BCUT2D eigenvalue weighted by Gasteiger charge is -2.00. The molecule has 1 rings (SSSR count). The van der Waals surface area contributed by atoms with Gasteiger partial charge in [-0.25, -0.2) is 9.98 Å². The van der Waals surface area contributed by atoms with Crippen molar-refractivity contribution >= 4 is 12.3 Å². The first-order valence-corrected chi connectivity index (χ1v) is 3.55. The van der Waals surface area contributed by atoms with Crippen LogP contribution in [0, 0.1) is 6.92 Å². The van der Waals surface area contributed by atoms with Crippen molar-refractivity contribution in [3.8, 4) is 0 Å². The van der Waals surface area contributed by atoms with Crippen molar-refractivity contribution in [2.75, 3.05) is 14.1 Å². The van der Waals surface area contributed by atoms with Crippen LogP contribution in [0.1, 0.15) is 5.69 Å². The predicted molar refractivity (Wildman–Crippen MR) is 46.4 cm³/mol. The Kier molecular flexibility index (Phi) is 2.68. The Morgan fingerprint density at radius 1 is 1.42 bits per heavy atom. The van der Waals surface area contributed by atoms with Gasteiger partial charge >= 0.3 is 0 Å². The Morgan fingerprint density at radius 2 is 2.17 bits per heavy atom. The number of aliphatic imine (C=N–C) groups is 1. The van der Waals surface area contributed by atoms with E-state index < -0.39 is 0 Å². The third-order valence-corrected chi connectivity index (χ3v) is 1.07. The fourth-order valence-corrected chi connectivity index (χ4v) is 0.553. The Balaban J connectivity index is 2.71. The van der Waals surface area contributed by atoms with Gasteiger partial charge in [-0.05, 0) is 6.92 Å². The van der Waals surface area contributed by atoms with Gasteiger partial charge in [0.05, 0.1) is 18.2 Å². The lowest BCUT2D eigenvalue weighted by atomic mass is 10.6. The van der Waals surface area contributed by atoms with Crippen molar-refractivity contribution in [2.24, 2.45) is 4.99 Å². The fraction of sp³-hybridized carbons (Fsp3) is 0.429. The SMILES string of the molecule is Cc1cnc(N=CN(C)C)nn1. The number of hydrogen-bond donors (Lipinski definition) is 0. The molecule has 0 atom stereocenters. The van der Waals surface area contributed by atoms with Gasteiger partial charge in [0.25, 0.3) is 5.95 Å². The highest BCUT2D eigenvalue weighted by Gasteiger charge is 1.91. The number of hydrogen-bond acceptors (Lipinski definition) is 4. The van der Waals surface area contributed by atoms with E-state index in [4.69, 9.17) is 0 Å². The van der Waals surface area contributed by atoms with Crippen LogP contribution < -0.4 is 0 Å². The molecule has 0 aliphatic heterocycles. The summed E-state index contributed by atoms with van der Waals surface area (Å²) in [6.07, 6.45) is 3.27. The number of aryl methyl sites for hydroxylation is 1. The summed E-state index contributed by atoms with van der Waals surface area (Å²) in [6.45, 7) is 1.83. The minimum atomic E-state index is 0.384. The highest BCUT2D eigenvalue weighted by molar-refractivity contribution is 5.57. The largest absolute Gasteiger partial charge is 0.369 e. The highest BCUT2D eigenvalue weighted by atomic mass is 15.2. The quantitative estimate of drug-likeness (QED) is 0.470. The van der Waals surface area contributed by atoms with Gasteiger partial charge in [0, 0.05) is 14.1 Å². The van der Waals surface area contributed by atoms with Gasteiger partial charge in [0.2, 0.25) is 0 Å². The summed E-state index contributed by atoms with van der Waals surface area (Å²) < 4.78 is 0. The van der Waals surface area contributed by atoms with E-state index in [1.54, 1.807) is 12.5 Å². The van der Waals surface area contributed by atoms with Crippen molar-refractivity contribution in [3.63, 3.8) is 0 Å². The predicted octanol–water partition coefficient (Wildman–Crippen LogP) is 0.401. The number of nitrogens with zero attached hydrogens (tertiary/aromatic N) is 5. The molecule has 0 unspecified atom stereocenters. The molecule has 64 valence electrons. The summed E-state index contributed by atoms with van der Waals surface area (Å²) in [7, 11) is 3.76. The summed E-state index contributed by atoms with van der Waals surface area (Å²) in [6, 6.07) is 0. The normalized spacial score (nSPS) is 10.6. The number of aromatic nitrogens is 3. The minimum absolute atomic E-state index is 0.384. The third kappa shape index (κ3) is 2.61. The van der Waals surface area contributed by atoms with Gasteiger partial charge in [-0.3, -0.25) is 0 Å². The molecule has 0 N–H and O–H groups in total. The highest BCUT2D eigenvalue weighted by Crippen LogP contribution is 1.98. The first kappa shape index (κ1) is 8.58. The van der Waals surface area contributed by atoms with Crippen LogP contribution in [0.25, 0.3) is 0 Å². The third-order valence-electron chi connectivity index (χ3n) is 1.07. The van der Waals surface area contributed by atoms with Gasteiger partial charge in [-0.1, -0.05) is 0 Å². The van der Waals surface area contributed by atoms with Crippen molar-refractivity contribution in [1.29, 1.82) is 0 Å². The van der Waals surface area contributed by atoms with Gasteiger partial charge in [-0.2, -0.15) is 5.10 Å². The van der Waals surface area contributed by atoms with Crippen molar-refractivity contribution < 1.29 is 0 Å². The summed E-state index contributed by atoms with van der Waals surface area (Å²) in [4.78, 5) is 9.72. The lowest BCUT2D eigenvalue weighted by molar-refractivity contribution is 0.642. The lowest BCUT2D eigenvalue weighted by Crippen LogP contribution is -2.07. The zero-order valence-corrected chi connectivity index (χ0v) is 7.39. The van der Waals surface area contributed by atoms with Crippen molar-refractivity contribution in [1.82, 2.24) is 20.1 Å². The van der Waals surface area contributed by atoms with Gasteiger partial charge in [0.15, 0.2) is 0 Å². The molecule has 1 aromatic heterocycles. The minimum Gasteiger partial charge on any atom is -0.369 e. The van der Waals surface area contributed by atoms with E-state index >= 15 is 0 Å². The van der Waals surface area contributed by atoms with Gasteiger partial charge in [0.1, 0.15) is 0 Å². The van der Waals surface area contributed by atoms with Crippen LogP contribution in [-0.2, 0) is 0 Å². The first-order valence-electron chi connectivity index (χ1n) is 3.55. The molecule has 5 heteroatoms. The summed E-state index contributed by atoms with van der Waals surface area (Å²) >= 11 is 0. The topological polar surface area (TPSA) is 54.3 Å². The molecule has 5 nitrogen and oxygen atoms in total. The Labute approximate surface area is 71.2 Å². The van der Waals surface area contributed by atoms with E-state index in [-0.39, 0.29) is 0 Å². The van der Waals surface area contributed by atoms with Crippen LogP contribution in [0.2, 0.25) is 0 Å². The fourth-order valence-electron chi connectivity index (χ4n) is 0.553. The molecular weight excluding hydrogens is 154 g/mol. The van der Waals surface area contributed by atoms with Crippen molar-refractivity contribution in [3.05, 3.63) is 11.9 Å². The van der Waals surface area contributed by atoms with Crippen LogP contribution in [0.3, 0.4) is 0 Å². The van der Waals surface area contributed by atoms with Crippen molar-refractivity contribution in [2.45, 2.75) is 6.92 Å². The smallest absolute Gasteiger partial charge is 0.270 e. The maximum absolute atomic E-state index is 3.96. The second-order valence-corrected chi connectivity index (χ2v) is 2.61. The molecule has 0 bridgehead atoms. The van der Waals surface area contributed by atoms with Gasteiger partial charge < -0.3 is 4.90 Å². The molecule has 0 amide bonds. The Bertz CT molecular complexity index is 264. The van der Waals surface area contributed by atoms with E-state index in [1.807, 2.05) is 25.9 Å². The standard InChI is InChI=1S/C7H11N5/c1-6-4-8-7(11-10-6)9-5-12(2)3/h4-5H,1-3H3. The van der Waals surface area contributed by atoms with Crippen LogP contribution >= 0.6 is 0 Å². The second kappa shape index (κ2) is 3.75. The van der Waals surface area contributed by atoms with Crippen LogP contribution in [-0.4, -0.2) is 40.5 Å². The maximum Gasteiger partial charge on any atom is 0.270 e. The average Bonchev–Trinajstić information content (AvgIpc) is 2.03. The monoisotopic (exact) mass is 165 g/mol. The molecule has 0 aliphatic rings. The molecule has 0 aliphatic carbocycles. The molecule has 0 radical (unpaired) electrons. The van der Waals surface area contributed by atoms with Crippen LogP contribution in [0.5, 0.6) is 0 Å². The van der Waals surface area contributed by atoms with E-state index in [9.17, 15) is 0 Å². The van der Waals surface area contributed by atoms with Crippen LogP contribution in [0.15, 0.2) is 11.2 Å². The Hall–Kier alpha value is -1.52. The molecular formula is C7H11N5. The van der Waals surface area contributed by atoms with E-state index in [2.05, 4.69) is 20.2 Å². The molecule has 12 heavy (non-hydrogen) atoms. The zero-order valence-electron chi connectivity index (χ0n) is 7.39. The second-order valence-electron chi connectivity index (χ2n) is 2.61. The Morgan fingerprint density at radius 3 is 2.67 bits per heavy atom. The van der Waals surface area contributed by atoms with E-state index in [0.717, 1.165) is 5.69 Å². The molecule has 0 aromatic carbocycles. The molecule has 0 saturated carbocycles. The summed E-state index contributed by atoms with van der Waals surface area (Å²) in [5.41, 5.74) is 0.791. The number of rotatable bonds is 2.